The van der Waals surface area contributed by atoms with Crippen molar-refractivity contribution in [2.24, 2.45) is 5.92 Å². The molecule has 0 fully saturated rings. The summed E-state index contributed by atoms with van der Waals surface area (Å²) in [7, 11) is 0. The molecular formula is C23H24N2OS. The van der Waals surface area contributed by atoms with Crippen LogP contribution in [-0.2, 0) is 4.79 Å². The van der Waals surface area contributed by atoms with E-state index < -0.39 is 0 Å². The minimum atomic E-state index is 0.00957. The van der Waals surface area contributed by atoms with E-state index in [0.717, 1.165) is 24.2 Å². The molecule has 1 atom stereocenters. The highest BCUT2D eigenvalue weighted by atomic mass is 32.2. The topological polar surface area (TPSA) is 36.1 Å². The van der Waals surface area contributed by atoms with Crippen LogP contribution in [0.25, 0.3) is 16.5 Å². The molecule has 138 valence electrons. The third-order valence-corrected chi connectivity index (χ3v) is 6.44. The number of aromatic amines is 1. The summed E-state index contributed by atoms with van der Waals surface area (Å²) in [5.74, 6) is 1.06. The minimum absolute atomic E-state index is 0.00957. The van der Waals surface area contributed by atoms with Gasteiger partial charge in [-0.15, -0.1) is 11.8 Å². The number of carbonyl (C=O) groups excluding carboxylic acids is 1. The molecule has 4 heteroatoms. The summed E-state index contributed by atoms with van der Waals surface area (Å²) in [5.41, 5.74) is 3.77. The predicted octanol–water partition coefficient (Wildman–Crippen LogP) is 5.21. The molecule has 1 aliphatic heterocycles. The number of nitrogens with zero attached hydrogens (tertiary/aromatic N) is 1. The molecule has 0 aliphatic carbocycles. The van der Waals surface area contributed by atoms with Crippen LogP contribution in [0.4, 0.5) is 0 Å². The smallest absolute Gasteiger partial charge is 0.226 e. The van der Waals surface area contributed by atoms with Crippen molar-refractivity contribution >= 4 is 34.1 Å². The lowest BCUT2D eigenvalue weighted by Crippen LogP contribution is -2.38. The maximum absolute atomic E-state index is 12.8. The second-order valence-electron chi connectivity index (χ2n) is 7.04. The summed E-state index contributed by atoms with van der Waals surface area (Å²) < 4.78 is 0. The summed E-state index contributed by atoms with van der Waals surface area (Å²) in [6.07, 6.45) is 5.18. The van der Waals surface area contributed by atoms with E-state index in [-0.39, 0.29) is 11.8 Å². The zero-order valence-corrected chi connectivity index (χ0v) is 16.3. The molecule has 2 aromatic carbocycles. The van der Waals surface area contributed by atoms with Crippen molar-refractivity contribution in [3.63, 3.8) is 0 Å². The number of aromatic nitrogens is 1. The van der Waals surface area contributed by atoms with Gasteiger partial charge < -0.3 is 9.88 Å². The van der Waals surface area contributed by atoms with Gasteiger partial charge in [0.15, 0.2) is 0 Å². The summed E-state index contributed by atoms with van der Waals surface area (Å²) in [6, 6.07) is 18.8. The van der Waals surface area contributed by atoms with Gasteiger partial charge in [0.2, 0.25) is 5.91 Å². The Labute approximate surface area is 164 Å². The fourth-order valence-corrected chi connectivity index (χ4v) is 4.59. The Hall–Kier alpha value is -2.46. The standard InChI is InChI=1S/C23H24N2OS/c1-17(16-27-22-15-24-21-10-6-5-9-20(21)22)23(26)25-13-11-19(12-14-25)18-7-3-2-4-8-18/h2-11,15,17,24H,12-14,16H2,1H3. The number of fused-ring (bicyclic) bond motifs is 1. The van der Waals surface area contributed by atoms with Crippen LogP contribution in [0, 0.1) is 5.92 Å². The van der Waals surface area contributed by atoms with Crippen LogP contribution in [0.2, 0.25) is 0 Å². The Morgan fingerprint density at radius 3 is 2.70 bits per heavy atom. The minimum Gasteiger partial charge on any atom is -0.360 e. The van der Waals surface area contributed by atoms with Crippen molar-refractivity contribution < 1.29 is 4.79 Å². The predicted molar refractivity (Wildman–Crippen MR) is 114 cm³/mol. The van der Waals surface area contributed by atoms with Gasteiger partial charge >= 0.3 is 0 Å². The lowest BCUT2D eigenvalue weighted by atomic mass is 9.99. The molecule has 0 bridgehead atoms. The third kappa shape index (κ3) is 3.96. The Balaban J connectivity index is 1.35. The number of nitrogens with one attached hydrogen (secondary N) is 1. The largest absolute Gasteiger partial charge is 0.360 e. The van der Waals surface area contributed by atoms with Crippen molar-refractivity contribution in [3.8, 4) is 0 Å². The Morgan fingerprint density at radius 1 is 1.15 bits per heavy atom. The van der Waals surface area contributed by atoms with Gasteiger partial charge in [-0.25, -0.2) is 0 Å². The van der Waals surface area contributed by atoms with Crippen molar-refractivity contribution in [1.29, 1.82) is 0 Å². The van der Waals surface area contributed by atoms with E-state index in [1.165, 1.54) is 21.4 Å². The lowest BCUT2D eigenvalue weighted by Gasteiger charge is -2.29. The highest BCUT2D eigenvalue weighted by Crippen LogP contribution is 2.30. The normalized spacial score (nSPS) is 15.6. The highest BCUT2D eigenvalue weighted by Gasteiger charge is 2.23. The Morgan fingerprint density at radius 2 is 1.93 bits per heavy atom. The van der Waals surface area contributed by atoms with Crippen LogP contribution in [0.3, 0.4) is 0 Å². The van der Waals surface area contributed by atoms with Gasteiger partial charge in [0.1, 0.15) is 0 Å². The number of H-pyrrole nitrogens is 1. The summed E-state index contributed by atoms with van der Waals surface area (Å²) in [5, 5.41) is 1.23. The summed E-state index contributed by atoms with van der Waals surface area (Å²) in [6.45, 7) is 3.56. The quantitative estimate of drug-likeness (QED) is 0.620. The molecule has 3 nitrogen and oxygen atoms in total. The number of hydrogen-bond acceptors (Lipinski definition) is 2. The SMILES string of the molecule is CC(CSc1c[nH]c2ccccc12)C(=O)N1CC=C(c2ccccc2)CC1. The molecule has 1 aromatic heterocycles. The lowest BCUT2D eigenvalue weighted by molar-refractivity contribution is -0.133. The average Bonchev–Trinajstić information content (AvgIpc) is 3.15. The Kier molecular flexibility index (Phi) is 5.35. The van der Waals surface area contributed by atoms with Crippen LogP contribution < -0.4 is 0 Å². The molecule has 3 aromatic rings. The van der Waals surface area contributed by atoms with Gasteiger partial charge in [0.25, 0.3) is 0 Å². The second kappa shape index (κ2) is 8.05. The number of carbonyl (C=O) groups is 1. The first-order valence-electron chi connectivity index (χ1n) is 9.44. The van der Waals surface area contributed by atoms with Gasteiger partial charge in [-0.05, 0) is 23.6 Å². The Bertz CT molecular complexity index is 961. The van der Waals surface area contributed by atoms with Crippen LogP contribution in [-0.4, -0.2) is 34.6 Å². The molecule has 0 saturated carbocycles. The molecule has 0 spiro atoms. The van der Waals surface area contributed by atoms with E-state index in [4.69, 9.17) is 0 Å². The molecule has 1 amide bonds. The van der Waals surface area contributed by atoms with Crippen LogP contribution in [0.15, 0.2) is 71.8 Å². The first-order valence-corrected chi connectivity index (χ1v) is 10.4. The number of amides is 1. The zero-order valence-electron chi connectivity index (χ0n) is 15.5. The van der Waals surface area contributed by atoms with Gasteiger partial charge in [-0.2, -0.15) is 0 Å². The van der Waals surface area contributed by atoms with E-state index in [9.17, 15) is 4.79 Å². The maximum atomic E-state index is 12.8. The molecule has 0 saturated heterocycles. The van der Waals surface area contributed by atoms with Crippen molar-refractivity contribution in [3.05, 3.63) is 72.4 Å². The van der Waals surface area contributed by atoms with E-state index in [0.29, 0.717) is 6.54 Å². The van der Waals surface area contributed by atoms with Gasteiger partial charge in [-0.1, -0.05) is 61.5 Å². The fourth-order valence-electron chi connectivity index (χ4n) is 3.55. The van der Waals surface area contributed by atoms with Gasteiger partial charge in [-0.3, -0.25) is 4.79 Å². The van der Waals surface area contributed by atoms with Crippen molar-refractivity contribution in [1.82, 2.24) is 9.88 Å². The number of hydrogen-bond donors (Lipinski definition) is 1. The number of benzene rings is 2. The van der Waals surface area contributed by atoms with Gasteiger partial charge in [0, 0.05) is 46.8 Å². The molecule has 1 N–H and O–H groups in total. The summed E-state index contributed by atoms with van der Waals surface area (Å²) >= 11 is 1.76. The first kappa shape index (κ1) is 17.9. The fraction of sp³-hybridized carbons (Fsp3) is 0.261. The van der Waals surface area contributed by atoms with E-state index >= 15 is 0 Å². The monoisotopic (exact) mass is 376 g/mol. The van der Waals surface area contributed by atoms with E-state index in [2.05, 4.69) is 53.5 Å². The average molecular weight is 377 g/mol. The second-order valence-corrected chi connectivity index (χ2v) is 8.10. The molecular weight excluding hydrogens is 352 g/mol. The molecule has 1 unspecified atom stereocenters. The van der Waals surface area contributed by atoms with Crippen molar-refractivity contribution in [2.75, 3.05) is 18.8 Å². The van der Waals surface area contributed by atoms with E-state index in [1.54, 1.807) is 11.8 Å². The van der Waals surface area contributed by atoms with Crippen LogP contribution >= 0.6 is 11.8 Å². The molecule has 2 heterocycles. The number of para-hydroxylation sites is 1. The van der Waals surface area contributed by atoms with E-state index in [1.807, 2.05) is 30.2 Å². The first-order chi connectivity index (χ1) is 13.2. The molecule has 4 rings (SSSR count). The van der Waals surface area contributed by atoms with Gasteiger partial charge in [0.05, 0.1) is 0 Å². The maximum Gasteiger partial charge on any atom is 0.226 e. The third-order valence-electron chi connectivity index (χ3n) is 5.13. The van der Waals surface area contributed by atoms with Crippen molar-refractivity contribution in [2.45, 2.75) is 18.2 Å². The summed E-state index contributed by atoms with van der Waals surface area (Å²) in [4.78, 5) is 19.4. The molecule has 27 heavy (non-hydrogen) atoms. The number of thioether (sulfide) groups is 1. The molecule has 1 aliphatic rings. The highest BCUT2D eigenvalue weighted by molar-refractivity contribution is 7.99. The van der Waals surface area contributed by atoms with Crippen LogP contribution in [0.5, 0.6) is 0 Å². The molecule has 0 radical (unpaired) electrons. The zero-order chi connectivity index (χ0) is 18.6. The van der Waals surface area contributed by atoms with Crippen LogP contribution in [0.1, 0.15) is 18.9 Å². The number of rotatable bonds is 5.